The van der Waals surface area contributed by atoms with Crippen LogP contribution in [0.4, 0.5) is 4.79 Å². The number of ether oxygens (including phenoxy) is 1. The van der Waals surface area contributed by atoms with Crippen LogP contribution in [-0.2, 0) is 0 Å². The highest BCUT2D eigenvalue weighted by molar-refractivity contribution is 5.77. The van der Waals surface area contributed by atoms with E-state index >= 15 is 0 Å². The number of nitrogens with zero attached hydrogens (tertiary/aromatic N) is 5. The molecule has 4 aliphatic rings. The van der Waals surface area contributed by atoms with Gasteiger partial charge in [0.25, 0.3) is 0 Å². The quantitative estimate of drug-likeness (QED) is 0.553. The lowest BCUT2D eigenvalue weighted by Crippen LogP contribution is -2.67. The van der Waals surface area contributed by atoms with Gasteiger partial charge in [0, 0.05) is 67.3 Å². The number of aromatic nitrogens is 4. The number of hydrogen-bond donors (Lipinski definition) is 1. The van der Waals surface area contributed by atoms with E-state index in [4.69, 9.17) is 9.72 Å². The minimum Gasteiger partial charge on any atom is -0.479 e. The minimum atomic E-state index is 0.204. The summed E-state index contributed by atoms with van der Waals surface area (Å²) in [6.45, 7) is 8.11. The van der Waals surface area contributed by atoms with Crippen molar-refractivity contribution < 1.29 is 9.53 Å². The lowest BCUT2D eigenvalue weighted by atomic mass is 9.57. The molecule has 2 aromatic heterocycles. The Labute approximate surface area is 211 Å². The van der Waals surface area contributed by atoms with Gasteiger partial charge in [0.05, 0.1) is 6.61 Å². The summed E-state index contributed by atoms with van der Waals surface area (Å²) in [7, 11) is 0. The molecule has 1 N–H and O–H groups in total. The molecule has 4 heterocycles. The van der Waals surface area contributed by atoms with Crippen molar-refractivity contribution in [3.8, 4) is 11.6 Å². The van der Waals surface area contributed by atoms with Gasteiger partial charge < -0.3 is 14.5 Å². The topological polar surface area (TPSA) is 79.3 Å². The van der Waals surface area contributed by atoms with E-state index in [1.54, 1.807) is 0 Å². The summed E-state index contributed by atoms with van der Waals surface area (Å²) in [6.07, 6.45) is 6.81. The lowest BCUT2D eigenvalue weighted by molar-refractivity contribution is -0.0601. The second-order valence-electron chi connectivity index (χ2n) is 11.4. The van der Waals surface area contributed by atoms with Crippen molar-refractivity contribution in [2.24, 2.45) is 5.41 Å². The molecule has 2 amide bonds. The molecule has 2 saturated heterocycles. The smallest absolute Gasteiger partial charge is 0.320 e. The van der Waals surface area contributed by atoms with Crippen LogP contribution in [0, 0.1) is 12.3 Å². The van der Waals surface area contributed by atoms with Gasteiger partial charge in [-0.2, -0.15) is 5.10 Å². The Hall–Kier alpha value is -3.29. The Morgan fingerprint density at radius 1 is 1.08 bits per heavy atom. The highest BCUT2D eigenvalue weighted by Gasteiger charge is 2.56. The maximum Gasteiger partial charge on any atom is 0.320 e. The van der Waals surface area contributed by atoms with Gasteiger partial charge in [-0.15, -0.1) is 0 Å². The molecule has 0 unspecified atom stereocenters. The summed E-state index contributed by atoms with van der Waals surface area (Å²) in [5.41, 5.74) is 3.88. The predicted molar refractivity (Wildman–Crippen MR) is 136 cm³/mol. The largest absolute Gasteiger partial charge is 0.479 e. The van der Waals surface area contributed by atoms with Crippen LogP contribution < -0.4 is 4.74 Å². The van der Waals surface area contributed by atoms with Gasteiger partial charge in [-0.1, -0.05) is 12.1 Å². The standard InChI is InChI=1S/C28H34N6O2/c1-3-36-24-10-18(2)13-34(24)23-8-6-19(7-9-23)22-14-32(15-22)27(35)33-16-28(17-33)11-21(12-28)26-29-25(30-31-26)20-4-5-20/h6-10,13,20-22H,3-5,11-12,14-17H2,1-2H3,(H,29,30,31). The first-order chi connectivity index (χ1) is 17.5. The SMILES string of the molecule is CCOc1cc(C)cn1-c1ccc(C2CN(C(=O)N3CC4(CC(c5n[nH]c(C6CC6)n5)C4)C3)C2)cc1. The predicted octanol–water partition coefficient (Wildman–Crippen LogP) is 4.58. The summed E-state index contributed by atoms with van der Waals surface area (Å²) < 4.78 is 7.87. The van der Waals surface area contributed by atoms with E-state index in [1.807, 2.05) is 16.7 Å². The normalized spacial score (nSPS) is 21.3. The van der Waals surface area contributed by atoms with Crippen LogP contribution in [0.2, 0.25) is 0 Å². The molecule has 2 saturated carbocycles. The molecule has 2 aliphatic carbocycles. The third-order valence-corrected chi connectivity index (χ3v) is 8.54. The second kappa shape index (κ2) is 8.11. The third-order valence-electron chi connectivity index (χ3n) is 8.54. The van der Waals surface area contributed by atoms with Crippen LogP contribution in [-0.4, -0.2) is 68.4 Å². The average Bonchev–Trinajstić information content (AvgIpc) is 3.41. The molecular weight excluding hydrogens is 452 g/mol. The van der Waals surface area contributed by atoms with Crippen LogP contribution in [0.5, 0.6) is 5.88 Å². The number of nitrogens with one attached hydrogen (secondary N) is 1. The number of hydrogen-bond acceptors (Lipinski definition) is 4. The Morgan fingerprint density at radius 2 is 1.83 bits per heavy atom. The minimum absolute atomic E-state index is 0.204. The lowest BCUT2D eigenvalue weighted by Gasteiger charge is -2.59. The van der Waals surface area contributed by atoms with E-state index in [1.165, 1.54) is 24.0 Å². The molecule has 0 atom stereocenters. The maximum atomic E-state index is 13.0. The number of benzene rings is 1. The summed E-state index contributed by atoms with van der Waals surface area (Å²) in [4.78, 5) is 21.8. The highest BCUT2D eigenvalue weighted by Crippen LogP contribution is 2.56. The molecule has 188 valence electrons. The molecular formula is C28H34N6O2. The van der Waals surface area contributed by atoms with E-state index in [9.17, 15) is 4.79 Å². The molecule has 8 heteroatoms. The van der Waals surface area contributed by atoms with E-state index in [2.05, 4.69) is 58.2 Å². The molecule has 1 spiro atoms. The van der Waals surface area contributed by atoms with E-state index in [0.717, 1.165) is 62.2 Å². The molecule has 8 nitrogen and oxygen atoms in total. The first-order valence-electron chi connectivity index (χ1n) is 13.4. The molecule has 4 fully saturated rings. The molecule has 3 aromatic rings. The van der Waals surface area contributed by atoms with E-state index in [-0.39, 0.29) is 6.03 Å². The first kappa shape index (κ1) is 21.9. The van der Waals surface area contributed by atoms with Gasteiger partial charge in [-0.05, 0) is 62.8 Å². The number of H-pyrrole nitrogens is 1. The van der Waals surface area contributed by atoms with Gasteiger partial charge in [-0.25, -0.2) is 9.78 Å². The van der Waals surface area contributed by atoms with Crippen molar-refractivity contribution in [1.82, 2.24) is 29.5 Å². The van der Waals surface area contributed by atoms with Crippen LogP contribution in [0.15, 0.2) is 36.5 Å². The number of carbonyl (C=O) groups is 1. The average molecular weight is 487 g/mol. The van der Waals surface area contributed by atoms with Gasteiger partial charge in [0.2, 0.25) is 0 Å². The fraction of sp³-hybridized carbons (Fsp3) is 0.536. The monoisotopic (exact) mass is 486 g/mol. The van der Waals surface area contributed by atoms with Crippen molar-refractivity contribution in [3.63, 3.8) is 0 Å². The van der Waals surface area contributed by atoms with Crippen molar-refractivity contribution in [1.29, 1.82) is 0 Å². The molecule has 2 aliphatic heterocycles. The Morgan fingerprint density at radius 3 is 2.53 bits per heavy atom. The fourth-order valence-electron chi connectivity index (χ4n) is 6.32. The number of aryl methyl sites for hydroxylation is 1. The molecule has 36 heavy (non-hydrogen) atoms. The van der Waals surface area contributed by atoms with Crippen molar-refractivity contribution in [2.45, 2.75) is 57.3 Å². The van der Waals surface area contributed by atoms with Gasteiger partial charge >= 0.3 is 6.03 Å². The molecule has 1 aromatic carbocycles. The summed E-state index contributed by atoms with van der Waals surface area (Å²) >= 11 is 0. The Kier molecular flexibility index (Phi) is 4.95. The van der Waals surface area contributed by atoms with Gasteiger partial charge in [0.1, 0.15) is 5.82 Å². The van der Waals surface area contributed by atoms with Gasteiger partial charge in [0.15, 0.2) is 11.7 Å². The number of carbonyl (C=O) groups excluding carboxylic acids is 1. The van der Waals surface area contributed by atoms with Crippen molar-refractivity contribution in [2.75, 3.05) is 32.8 Å². The van der Waals surface area contributed by atoms with Crippen LogP contribution >= 0.6 is 0 Å². The van der Waals surface area contributed by atoms with E-state index < -0.39 is 0 Å². The second-order valence-corrected chi connectivity index (χ2v) is 11.4. The number of rotatable bonds is 6. The van der Waals surface area contributed by atoms with Crippen LogP contribution in [0.1, 0.15) is 73.1 Å². The fourth-order valence-corrected chi connectivity index (χ4v) is 6.32. The summed E-state index contributed by atoms with van der Waals surface area (Å²) in [5, 5.41) is 7.60. The van der Waals surface area contributed by atoms with Crippen molar-refractivity contribution >= 4 is 6.03 Å². The zero-order chi connectivity index (χ0) is 24.4. The summed E-state index contributed by atoms with van der Waals surface area (Å²) in [6, 6.07) is 11.0. The maximum absolute atomic E-state index is 13.0. The van der Waals surface area contributed by atoms with Crippen LogP contribution in [0.3, 0.4) is 0 Å². The molecule has 0 bridgehead atoms. The molecule has 0 radical (unpaired) electrons. The number of amides is 2. The zero-order valence-electron chi connectivity index (χ0n) is 21.1. The number of urea groups is 1. The Bertz CT molecular complexity index is 1270. The third kappa shape index (κ3) is 3.69. The number of aromatic amines is 1. The zero-order valence-corrected chi connectivity index (χ0v) is 21.1. The highest BCUT2D eigenvalue weighted by atomic mass is 16.5. The number of likely N-dealkylation sites (tertiary alicyclic amines) is 2. The first-order valence-corrected chi connectivity index (χ1v) is 13.4. The van der Waals surface area contributed by atoms with Crippen molar-refractivity contribution in [3.05, 3.63) is 59.3 Å². The Balaban J connectivity index is 0.898. The van der Waals surface area contributed by atoms with Crippen LogP contribution in [0.25, 0.3) is 5.69 Å². The van der Waals surface area contributed by atoms with Gasteiger partial charge in [-0.3, -0.25) is 9.67 Å². The summed E-state index contributed by atoms with van der Waals surface area (Å²) in [5.74, 6) is 4.43. The van der Waals surface area contributed by atoms with E-state index in [0.29, 0.717) is 29.8 Å². The molecule has 7 rings (SSSR count).